The van der Waals surface area contributed by atoms with E-state index in [1.807, 2.05) is 54.6 Å². The highest BCUT2D eigenvalue weighted by molar-refractivity contribution is 5.97. The van der Waals surface area contributed by atoms with E-state index < -0.39 is 30.0 Å². The first-order chi connectivity index (χ1) is 18.4. The van der Waals surface area contributed by atoms with Crippen molar-refractivity contribution in [3.05, 3.63) is 95.6 Å². The molecule has 8 nitrogen and oxygen atoms in total. The molecule has 0 radical (unpaired) electrons. The number of aliphatic hydroxyl groups is 2. The SMILES string of the molecule is CCOC(=O)c1ccccc1-c1ccc(CNC(=O)[C@H](O)[C@@H](O)C(=O)N2CCC[C@@H]2c2ccccc2)cc1. The maximum atomic E-state index is 12.9. The topological polar surface area (TPSA) is 116 Å². The van der Waals surface area contributed by atoms with Crippen molar-refractivity contribution in [1.29, 1.82) is 0 Å². The molecule has 0 unspecified atom stereocenters. The maximum Gasteiger partial charge on any atom is 0.338 e. The Morgan fingerprint density at radius 2 is 1.63 bits per heavy atom. The normalized spacial score (nSPS) is 16.5. The minimum absolute atomic E-state index is 0.0902. The lowest BCUT2D eigenvalue weighted by Gasteiger charge is -2.28. The predicted octanol–water partition coefficient (Wildman–Crippen LogP) is 3.23. The van der Waals surface area contributed by atoms with Gasteiger partial charge < -0.3 is 25.2 Å². The number of amides is 2. The summed E-state index contributed by atoms with van der Waals surface area (Å²) >= 11 is 0. The first kappa shape index (κ1) is 27.0. The Kier molecular flexibility index (Phi) is 8.89. The van der Waals surface area contributed by atoms with E-state index in [0.717, 1.165) is 35.1 Å². The van der Waals surface area contributed by atoms with Crippen LogP contribution in [0.15, 0.2) is 78.9 Å². The zero-order valence-corrected chi connectivity index (χ0v) is 21.2. The number of ether oxygens (including phenoxy) is 1. The van der Waals surface area contributed by atoms with E-state index in [-0.39, 0.29) is 19.2 Å². The largest absolute Gasteiger partial charge is 0.462 e. The van der Waals surface area contributed by atoms with Crippen LogP contribution < -0.4 is 5.32 Å². The third-order valence-electron chi connectivity index (χ3n) is 6.70. The van der Waals surface area contributed by atoms with Crippen LogP contribution in [0.25, 0.3) is 11.1 Å². The minimum atomic E-state index is -1.89. The average molecular weight is 517 g/mol. The molecule has 3 atom stereocenters. The summed E-state index contributed by atoms with van der Waals surface area (Å²) in [4.78, 5) is 39.3. The fourth-order valence-electron chi connectivity index (χ4n) is 4.72. The molecule has 0 spiro atoms. The standard InChI is InChI=1S/C30H32N2O6/c1-2-38-30(37)24-12-7-6-11-23(24)21-16-14-20(15-17-21)19-31-28(35)26(33)27(34)29(36)32-18-8-13-25(32)22-9-4-3-5-10-22/h3-7,9-12,14-17,25-27,33-34H,2,8,13,18-19H2,1H3,(H,31,35)/t25-,26-,27-/m1/s1. The summed E-state index contributed by atoms with van der Waals surface area (Å²) in [6.45, 7) is 2.58. The van der Waals surface area contributed by atoms with E-state index in [4.69, 9.17) is 4.74 Å². The molecule has 0 aliphatic carbocycles. The van der Waals surface area contributed by atoms with Gasteiger partial charge in [0.1, 0.15) is 0 Å². The molecule has 1 aliphatic heterocycles. The molecule has 3 aromatic rings. The molecule has 1 heterocycles. The van der Waals surface area contributed by atoms with Crippen molar-refractivity contribution >= 4 is 17.8 Å². The van der Waals surface area contributed by atoms with Crippen LogP contribution in [0, 0.1) is 0 Å². The number of nitrogens with zero attached hydrogens (tertiary/aromatic N) is 1. The van der Waals surface area contributed by atoms with E-state index in [1.165, 1.54) is 4.90 Å². The van der Waals surface area contributed by atoms with Crippen LogP contribution in [-0.2, 0) is 20.9 Å². The van der Waals surface area contributed by atoms with Gasteiger partial charge in [0.05, 0.1) is 18.2 Å². The summed E-state index contributed by atoms with van der Waals surface area (Å²) in [6, 6.07) is 23.7. The Bertz CT molecular complexity index is 1260. The molecule has 1 aliphatic rings. The number of carbonyl (C=O) groups is 3. The van der Waals surface area contributed by atoms with Crippen molar-refractivity contribution in [2.75, 3.05) is 13.2 Å². The van der Waals surface area contributed by atoms with Gasteiger partial charge in [-0.1, -0.05) is 72.8 Å². The summed E-state index contributed by atoms with van der Waals surface area (Å²) in [5, 5.41) is 23.5. The molecule has 0 aromatic heterocycles. The molecule has 1 fully saturated rings. The molecule has 1 saturated heterocycles. The lowest BCUT2D eigenvalue weighted by atomic mass is 9.98. The number of esters is 1. The molecular weight excluding hydrogens is 484 g/mol. The number of rotatable bonds is 9. The Balaban J connectivity index is 1.35. The van der Waals surface area contributed by atoms with Crippen molar-refractivity contribution in [3.63, 3.8) is 0 Å². The van der Waals surface area contributed by atoms with Gasteiger partial charge >= 0.3 is 5.97 Å². The van der Waals surface area contributed by atoms with Crippen molar-refractivity contribution in [1.82, 2.24) is 10.2 Å². The Morgan fingerprint density at radius 1 is 0.947 bits per heavy atom. The Hall–Kier alpha value is -4.01. The van der Waals surface area contributed by atoms with Gasteiger partial charge in [-0.05, 0) is 48.1 Å². The van der Waals surface area contributed by atoms with Crippen LogP contribution in [0.2, 0.25) is 0 Å². The number of hydrogen-bond donors (Lipinski definition) is 3. The van der Waals surface area contributed by atoms with Gasteiger partial charge in [0.2, 0.25) is 0 Å². The van der Waals surface area contributed by atoms with E-state index >= 15 is 0 Å². The van der Waals surface area contributed by atoms with Crippen molar-refractivity contribution in [3.8, 4) is 11.1 Å². The highest BCUT2D eigenvalue weighted by Gasteiger charge is 2.38. The van der Waals surface area contributed by atoms with Gasteiger partial charge in [0.25, 0.3) is 11.8 Å². The van der Waals surface area contributed by atoms with Gasteiger partial charge in [-0.15, -0.1) is 0 Å². The van der Waals surface area contributed by atoms with E-state index in [1.54, 1.807) is 31.2 Å². The zero-order valence-electron chi connectivity index (χ0n) is 21.2. The molecule has 38 heavy (non-hydrogen) atoms. The van der Waals surface area contributed by atoms with Gasteiger partial charge in [0.15, 0.2) is 12.2 Å². The second-order valence-corrected chi connectivity index (χ2v) is 9.17. The van der Waals surface area contributed by atoms with Gasteiger partial charge in [0, 0.05) is 13.1 Å². The summed E-state index contributed by atoms with van der Waals surface area (Å²) in [7, 11) is 0. The van der Waals surface area contributed by atoms with Crippen LogP contribution in [0.1, 0.15) is 47.3 Å². The van der Waals surface area contributed by atoms with Crippen molar-refractivity contribution in [2.24, 2.45) is 0 Å². The van der Waals surface area contributed by atoms with E-state index in [9.17, 15) is 24.6 Å². The van der Waals surface area contributed by atoms with Gasteiger partial charge in [-0.2, -0.15) is 0 Å². The highest BCUT2D eigenvalue weighted by atomic mass is 16.5. The van der Waals surface area contributed by atoms with Gasteiger partial charge in [-0.3, -0.25) is 9.59 Å². The molecule has 3 aromatic carbocycles. The fourth-order valence-corrected chi connectivity index (χ4v) is 4.72. The summed E-state index contributed by atoms with van der Waals surface area (Å²) in [5.74, 6) is -1.90. The zero-order chi connectivity index (χ0) is 27.1. The quantitative estimate of drug-likeness (QED) is 0.376. The number of aliphatic hydroxyl groups excluding tert-OH is 2. The first-order valence-electron chi connectivity index (χ1n) is 12.8. The minimum Gasteiger partial charge on any atom is -0.462 e. The van der Waals surface area contributed by atoms with Crippen LogP contribution in [0.3, 0.4) is 0 Å². The number of hydrogen-bond acceptors (Lipinski definition) is 6. The fraction of sp³-hybridized carbons (Fsp3) is 0.300. The molecule has 198 valence electrons. The molecular formula is C30H32N2O6. The van der Waals surface area contributed by atoms with Crippen LogP contribution >= 0.6 is 0 Å². The third kappa shape index (κ3) is 6.10. The molecule has 8 heteroatoms. The van der Waals surface area contributed by atoms with Crippen LogP contribution in [0.4, 0.5) is 0 Å². The number of benzene rings is 3. The number of likely N-dealkylation sites (tertiary alicyclic amines) is 1. The summed E-state index contributed by atoms with van der Waals surface area (Å²) in [5.41, 5.74) is 3.70. The third-order valence-corrected chi connectivity index (χ3v) is 6.70. The second kappa shape index (κ2) is 12.5. The summed E-state index contributed by atoms with van der Waals surface area (Å²) in [6.07, 6.45) is -2.22. The van der Waals surface area contributed by atoms with Crippen LogP contribution in [0.5, 0.6) is 0 Å². The van der Waals surface area contributed by atoms with Crippen molar-refractivity contribution < 1.29 is 29.3 Å². The molecule has 0 bridgehead atoms. The number of nitrogens with one attached hydrogen (secondary N) is 1. The van der Waals surface area contributed by atoms with Gasteiger partial charge in [-0.25, -0.2) is 4.79 Å². The molecule has 2 amide bonds. The summed E-state index contributed by atoms with van der Waals surface area (Å²) < 4.78 is 5.14. The van der Waals surface area contributed by atoms with E-state index in [2.05, 4.69) is 5.32 Å². The average Bonchev–Trinajstić information content (AvgIpc) is 3.46. The number of carbonyl (C=O) groups excluding carboxylic acids is 3. The molecule has 0 saturated carbocycles. The lowest BCUT2D eigenvalue weighted by Crippen LogP contribution is -2.50. The monoisotopic (exact) mass is 516 g/mol. The molecule has 3 N–H and O–H groups in total. The van der Waals surface area contributed by atoms with Crippen molar-refractivity contribution in [2.45, 2.75) is 44.6 Å². The predicted molar refractivity (Wildman–Crippen MR) is 142 cm³/mol. The first-order valence-corrected chi connectivity index (χ1v) is 12.8. The Labute approximate surface area is 221 Å². The smallest absolute Gasteiger partial charge is 0.338 e. The van der Waals surface area contributed by atoms with Crippen LogP contribution in [-0.4, -0.2) is 58.3 Å². The van der Waals surface area contributed by atoms with E-state index in [0.29, 0.717) is 12.1 Å². The lowest BCUT2D eigenvalue weighted by molar-refractivity contribution is -0.153. The second-order valence-electron chi connectivity index (χ2n) is 9.17. The Morgan fingerprint density at radius 3 is 2.34 bits per heavy atom. The maximum absolute atomic E-state index is 12.9. The highest BCUT2D eigenvalue weighted by Crippen LogP contribution is 2.32. The molecule has 4 rings (SSSR count).